The molecule has 9 heteroatoms. The molecule has 0 spiro atoms. The van der Waals surface area contributed by atoms with Crippen molar-refractivity contribution in [3.63, 3.8) is 0 Å². The summed E-state index contributed by atoms with van der Waals surface area (Å²) in [5.74, 6) is 0.324. The van der Waals surface area contributed by atoms with Gasteiger partial charge in [-0.05, 0) is 6.42 Å². The number of nitrogens with zero attached hydrogens (tertiary/aromatic N) is 3. The van der Waals surface area contributed by atoms with Crippen LogP contribution in [0, 0.1) is 10.1 Å². The number of anilines is 1. The quantitative estimate of drug-likeness (QED) is 0.658. The number of hydrogen-bond donors (Lipinski definition) is 1. The van der Waals surface area contributed by atoms with E-state index in [1.165, 1.54) is 4.68 Å². The molecule has 0 saturated carbocycles. The van der Waals surface area contributed by atoms with Gasteiger partial charge in [-0.2, -0.15) is 5.10 Å². The first-order chi connectivity index (χ1) is 9.21. The Morgan fingerprint density at radius 1 is 1.50 bits per heavy atom. The predicted octanol–water partition coefficient (Wildman–Crippen LogP) is 1.05. The van der Waals surface area contributed by atoms with Gasteiger partial charge in [0.2, 0.25) is 5.82 Å². The third-order valence-corrected chi connectivity index (χ3v) is 5.12. The molecule has 1 unspecified atom stereocenters. The number of nitro groups is 1. The van der Waals surface area contributed by atoms with E-state index in [4.69, 9.17) is 0 Å². The molecule has 1 N–H and O–H groups in total. The molecule has 20 heavy (non-hydrogen) atoms. The zero-order chi connectivity index (χ0) is 15.1. The normalized spacial score (nSPS) is 21.3. The molecule has 1 fully saturated rings. The summed E-state index contributed by atoms with van der Waals surface area (Å²) in [5, 5.41) is 18.4. The van der Waals surface area contributed by atoms with Crippen LogP contribution in [0.15, 0.2) is 0 Å². The lowest BCUT2D eigenvalue weighted by Gasteiger charge is -2.11. The molecule has 1 aliphatic heterocycles. The maximum Gasteiger partial charge on any atom is 0.334 e. The van der Waals surface area contributed by atoms with Crippen molar-refractivity contribution in [1.82, 2.24) is 9.78 Å². The van der Waals surface area contributed by atoms with Crippen LogP contribution < -0.4 is 5.32 Å². The summed E-state index contributed by atoms with van der Waals surface area (Å²) in [6.45, 7) is 3.66. The van der Waals surface area contributed by atoms with Crippen molar-refractivity contribution in [2.75, 3.05) is 16.8 Å². The minimum Gasteiger partial charge on any atom is -0.361 e. The average molecular weight is 302 g/mol. The summed E-state index contributed by atoms with van der Waals surface area (Å²) in [4.78, 5) is 10.8. The van der Waals surface area contributed by atoms with E-state index in [2.05, 4.69) is 10.4 Å². The lowest BCUT2D eigenvalue weighted by atomic mass is 10.1. The first kappa shape index (κ1) is 14.8. The zero-order valence-electron chi connectivity index (χ0n) is 11.7. The van der Waals surface area contributed by atoms with Gasteiger partial charge >= 0.3 is 5.69 Å². The summed E-state index contributed by atoms with van der Waals surface area (Å²) in [6.07, 6.45) is 0.460. The van der Waals surface area contributed by atoms with E-state index in [9.17, 15) is 18.5 Å². The van der Waals surface area contributed by atoms with E-state index in [-0.39, 0.29) is 35.0 Å². The van der Waals surface area contributed by atoms with Gasteiger partial charge in [-0.1, -0.05) is 13.8 Å². The van der Waals surface area contributed by atoms with E-state index >= 15 is 0 Å². The maximum atomic E-state index is 11.5. The number of rotatable bonds is 4. The fourth-order valence-electron chi connectivity index (χ4n) is 2.37. The van der Waals surface area contributed by atoms with Gasteiger partial charge in [0.1, 0.15) is 5.69 Å². The van der Waals surface area contributed by atoms with E-state index in [1.54, 1.807) is 7.05 Å². The van der Waals surface area contributed by atoms with Crippen LogP contribution in [0.2, 0.25) is 0 Å². The molecule has 1 aromatic rings. The molecular weight excluding hydrogens is 284 g/mol. The van der Waals surface area contributed by atoms with Crippen LogP contribution in [-0.2, 0) is 16.9 Å². The minimum absolute atomic E-state index is 0.00630. The molecule has 8 nitrogen and oxygen atoms in total. The summed E-state index contributed by atoms with van der Waals surface area (Å²) >= 11 is 0. The van der Waals surface area contributed by atoms with Crippen LogP contribution in [0.1, 0.15) is 31.9 Å². The van der Waals surface area contributed by atoms with E-state index in [1.807, 2.05) is 13.8 Å². The smallest absolute Gasteiger partial charge is 0.334 e. The lowest BCUT2D eigenvalue weighted by molar-refractivity contribution is -0.384. The van der Waals surface area contributed by atoms with Crippen LogP contribution in [0.4, 0.5) is 11.5 Å². The van der Waals surface area contributed by atoms with Gasteiger partial charge in [-0.3, -0.25) is 10.1 Å². The molecular formula is C11H18N4O4S. The number of nitrogens with one attached hydrogen (secondary N) is 1. The van der Waals surface area contributed by atoms with Gasteiger partial charge < -0.3 is 5.32 Å². The van der Waals surface area contributed by atoms with Crippen molar-refractivity contribution in [2.45, 2.75) is 32.2 Å². The zero-order valence-corrected chi connectivity index (χ0v) is 12.5. The van der Waals surface area contributed by atoms with Gasteiger partial charge in [-0.25, -0.2) is 13.1 Å². The van der Waals surface area contributed by atoms with Crippen molar-refractivity contribution in [3.8, 4) is 0 Å². The Bertz CT molecular complexity index is 635. The van der Waals surface area contributed by atoms with Gasteiger partial charge in [0.25, 0.3) is 0 Å². The average Bonchev–Trinajstić information content (AvgIpc) is 2.81. The summed E-state index contributed by atoms with van der Waals surface area (Å²) in [5.41, 5.74) is 0.340. The summed E-state index contributed by atoms with van der Waals surface area (Å²) < 4.78 is 24.3. The van der Waals surface area contributed by atoms with Gasteiger partial charge in [-0.15, -0.1) is 0 Å². The number of aryl methyl sites for hydroxylation is 1. The molecule has 1 aliphatic rings. The first-order valence-electron chi connectivity index (χ1n) is 6.39. The topological polar surface area (TPSA) is 107 Å². The highest BCUT2D eigenvalue weighted by atomic mass is 32.2. The Morgan fingerprint density at radius 2 is 2.15 bits per heavy atom. The maximum absolute atomic E-state index is 11.5. The Kier molecular flexibility index (Phi) is 3.72. The number of sulfone groups is 1. The summed E-state index contributed by atoms with van der Waals surface area (Å²) in [7, 11) is -1.42. The van der Waals surface area contributed by atoms with Crippen LogP contribution >= 0.6 is 0 Å². The standard InChI is InChI=1S/C11H18N4O4S/c1-7(2)9-10(15(16)17)11(14(3)13-9)12-8-4-5-20(18,19)6-8/h7-8,12H,4-6H2,1-3H3. The highest BCUT2D eigenvalue weighted by Gasteiger charge is 2.33. The Morgan fingerprint density at radius 3 is 2.60 bits per heavy atom. The molecule has 1 atom stereocenters. The van der Waals surface area contributed by atoms with Crippen molar-refractivity contribution in [1.29, 1.82) is 0 Å². The van der Waals surface area contributed by atoms with Crippen molar-refractivity contribution in [3.05, 3.63) is 15.8 Å². The molecule has 2 heterocycles. The van der Waals surface area contributed by atoms with Gasteiger partial charge in [0, 0.05) is 19.0 Å². The SMILES string of the molecule is CC(C)c1nn(C)c(NC2CCS(=O)(=O)C2)c1[N+](=O)[O-]. The molecule has 0 aliphatic carbocycles. The molecule has 1 aromatic heterocycles. The molecule has 0 radical (unpaired) electrons. The van der Waals surface area contributed by atoms with Crippen molar-refractivity contribution < 1.29 is 13.3 Å². The number of hydrogen-bond acceptors (Lipinski definition) is 6. The third-order valence-electron chi connectivity index (χ3n) is 3.35. The van der Waals surface area contributed by atoms with E-state index < -0.39 is 14.8 Å². The van der Waals surface area contributed by atoms with Crippen LogP contribution in [0.3, 0.4) is 0 Å². The Balaban J connectivity index is 2.34. The molecule has 1 saturated heterocycles. The Hall–Kier alpha value is -1.64. The van der Waals surface area contributed by atoms with Crippen molar-refractivity contribution >= 4 is 21.3 Å². The second kappa shape index (κ2) is 5.04. The molecule has 0 aromatic carbocycles. The molecule has 0 bridgehead atoms. The second-order valence-corrected chi connectivity index (χ2v) is 7.59. The fourth-order valence-corrected chi connectivity index (χ4v) is 4.04. The first-order valence-corrected chi connectivity index (χ1v) is 8.21. The highest BCUT2D eigenvalue weighted by Crippen LogP contribution is 2.34. The predicted molar refractivity (Wildman–Crippen MR) is 74.6 cm³/mol. The van der Waals surface area contributed by atoms with E-state index in [0.29, 0.717) is 12.1 Å². The second-order valence-electron chi connectivity index (χ2n) is 5.36. The van der Waals surface area contributed by atoms with Crippen LogP contribution in [-0.4, -0.2) is 40.7 Å². The van der Waals surface area contributed by atoms with Crippen molar-refractivity contribution in [2.24, 2.45) is 7.05 Å². The molecule has 2 rings (SSSR count). The molecule has 0 amide bonds. The van der Waals surface area contributed by atoms with Crippen LogP contribution in [0.5, 0.6) is 0 Å². The summed E-state index contributed by atoms with van der Waals surface area (Å²) in [6, 6.07) is -0.297. The monoisotopic (exact) mass is 302 g/mol. The van der Waals surface area contributed by atoms with Gasteiger partial charge in [0.15, 0.2) is 9.84 Å². The fraction of sp³-hybridized carbons (Fsp3) is 0.727. The third kappa shape index (κ3) is 2.77. The number of aromatic nitrogens is 2. The van der Waals surface area contributed by atoms with Gasteiger partial charge in [0.05, 0.1) is 16.4 Å². The molecule has 112 valence electrons. The Labute approximate surface area is 117 Å². The highest BCUT2D eigenvalue weighted by molar-refractivity contribution is 7.91. The largest absolute Gasteiger partial charge is 0.361 e. The van der Waals surface area contributed by atoms with Crippen LogP contribution in [0.25, 0.3) is 0 Å². The minimum atomic E-state index is -3.03. The van der Waals surface area contributed by atoms with E-state index in [0.717, 1.165) is 0 Å². The lowest BCUT2D eigenvalue weighted by Crippen LogP contribution is -2.22.